The third-order valence-electron chi connectivity index (χ3n) is 7.50. The number of benzene rings is 4. The zero-order valence-electron chi connectivity index (χ0n) is 22.5. The van der Waals surface area contributed by atoms with E-state index in [1.807, 2.05) is 48.5 Å². The van der Waals surface area contributed by atoms with E-state index in [4.69, 9.17) is 4.74 Å². The van der Waals surface area contributed by atoms with Gasteiger partial charge in [0, 0.05) is 35.9 Å². The van der Waals surface area contributed by atoms with E-state index in [0.717, 1.165) is 22.3 Å². The Morgan fingerprint density at radius 3 is 2.23 bits per heavy atom. The van der Waals surface area contributed by atoms with Gasteiger partial charge in [-0.05, 0) is 39.9 Å². The van der Waals surface area contributed by atoms with Gasteiger partial charge in [-0.2, -0.15) is 0 Å². The van der Waals surface area contributed by atoms with Crippen molar-refractivity contribution in [3.05, 3.63) is 124 Å². The van der Waals surface area contributed by atoms with E-state index >= 15 is 0 Å². The van der Waals surface area contributed by atoms with E-state index in [-0.39, 0.29) is 34.6 Å². The lowest BCUT2D eigenvalue weighted by atomic mass is 9.98. The van der Waals surface area contributed by atoms with Crippen LogP contribution in [0.1, 0.15) is 22.6 Å². The maximum absolute atomic E-state index is 13.7. The Hall–Kier alpha value is -5.29. The monoisotopic (exact) mass is 594 g/mol. The summed E-state index contributed by atoms with van der Waals surface area (Å²) in [7, 11) is -2.06. The van der Waals surface area contributed by atoms with E-state index in [1.165, 1.54) is 24.3 Å². The second-order valence-electron chi connectivity index (χ2n) is 9.96. The molecule has 0 aliphatic heterocycles. The molecule has 1 aromatic heterocycles. The van der Waals surface area contributed by atoms with Crippen molar-refractivity contribution in [3.63, 3.8) is 0 Å². The lowest BCUT2D eigenvalue weighted by Gasteiger charge is -2.22. The summed E-state index contributed by atoms with van der Waals surface area (Å²) in [6, 6.07) is 26.7. The standard InChI is InChI=1S/C32H25N3O7S/c36-31(37)27(34-32(38)42-18-25-21-11-3-1-9-19(21)20-10-2-4-12-22(20)25)17-24-23-13-5-6-14-26(23)33-30(24)43(41)29-16-8-7-15-28(29)35(39)40/h1-16,25,27,33H,17-18H2,(H,34,38)(H,36,37)/p-1. The predicted octanol–water partition coefficient (Wildman–Crippen LogP) is 4.78. The molecule has 1 aliphatic rings. The molecule has 0 bridgehead atoms. The molecule has 0 saturated heterocycles. The van der Waals surface area contributed by atoms with Gasteiger partial charge in [-0.1, -0.05) is 78.9 Å². The zero-order valence-corrected chi connectivity index (χ0v) is 23.3. The molecular weight excluding hydrogens is 570 g/mol. The summed E-state index contributed by atoms with van der Waals surface area (Å²) >= 11 is 0. The highest BCUT2D eigenvalue weighted by molar-refractivity contribution is 7.85. The number of ether oxygens (including phenoxy) is 1. The lowest BCUT2D eigenvalue weighted by Crippen LogP contribution is -2.30. The van der Waals surface area contributed by atoms with E-state index in [0.29, 0.717) is 16.5 Å². The van der Waals surface area contributed by atoms with Gasteiger partial charge in [0.25, 0.3) is 5.69 Å². The molecule has 43 heavy (non-hydrogen) atoms. The predicted molar refractivity (Wildman–Crippen MR) is 158 cm³/mol. The number of para-hydroxylation sites is 2. The van der Waals surface area contributed by atoms with Crippen LogP contribution in [0.3, 0.4) is 0 Å². The van der Waals surface area contributed by atoms with Crippen LogP contribution < -0.4 is 5.11 Å². The van der Waals surface area contributed by atoms with Gasteiger partial charge >= 0.3 is 5.97 Å². The summed E-state index contributed by atoms with van der Waals surface area (Å²) in [4.78, 5) is 30.2. The van der Waals surface area contributed by atoms with Crippen molar-refractivity contribution in [1.82, 2.24) is 4.98 Å². The van der Waals surface area contributed by atoms with Gasteiger partial charge in [-0.15, -0.1) is 0 Å². The Morgan fingerprint density at radius 1 is 0.953 bits per heavy atom. The zero-order chi connectivity index (χ0) is 30.1. The number of aromatic nitrogens is 1. The first-order valence-corrected chi connectivity index (χ1v) is 14.5. The molecule has 0 spiro atoms. The summed E-state index contributed by atoms with van der Waals surface area (Å²) in [5.41, 5.74) is 4.68. The molecule has 2 N–H and O–H groups in total. The summed E-state index contributed by atoms with van der Waals surface area (Å²) in [6.45, 7) is -0.0251. The average Bonchev–Trinajstić information content (AvgIpc) is 3.55. The van der Waals surface area contributed by atoms with Crippen molar-refractivity contribution in [1.29, 1.82) is 0 Å². The number of nitro benzene ring substituents is 1. The molecule has 5 aromatic rings. The fourth-order valence-corrected chi connectivity index (χ4v) is 6.93. The van der Waals surface area contributed by atoms with Crippen LogP contribution in [0.5, 0.6) is 0 Å². The van der Waals surface area contributed by atoms with E-state index in [2.05, 4.69) is 9.98 Å². The van der Waals surface area contributed by atoms with Gasteiger partial charge in [0.2, 0.25) is 0 Å². The average molecular weight is 595 g/mol. The maximum atomic E-state index is 13.7. The van der Waals surface area contributed by atoms with Crippen molar-refractivity contribution in [2.24, 2.45) is 4.99 Å². The number of carbonyl (C=O) groups is 1. The SMILES string of the molecule is O=C(O)C(Cc1c(S(=O)c2ccccc2[N+](=O)[O-])[nH]c2ccccc12)N=C([O-])OCC1c2ccccc2-c2ccccc21. The number of rotatable bonds is 9. The third kappa shape index (κ3) is 5.26. The molecule has 4 aromatic carbocycles. The van der Waals surface area contributed by atoms with Gasteiger partial charge in [0.15, 0.2) is 6.04 Å². The number of hydrogen-bond acceptors (Lipinski definition) is 7. The molecule has 6 rings (SSSR count). The van der Waals surface area contributed by atoms with Gasteiger partial charge < -0.3 is 19.9 Å². The minimum Gasteiger partial charge on any atom is -0.599 e. The Morgan fingerprint density at radius 2 is 1.56 bits per heavy atom. The van der Waals surface area contributed by atoms with Gasteiger partial charge in [-0.25, -0.2) is 9.00 Å². The van der Waals surface area contributed by atoms with Crippen LogP contribution >= 0.6 is 0 Å². The summed E-state index contributed by atoms with van der Waals surface area (Å²) in [6.07, 6.45) is -1.33. The lowest BCUT2D eigenvalue weighted by molar-refractivity contribution is -0.387. The summed E-state index contributed by atoms with van der Waals surface area (Å²) in [5.74, 6) is -1.60. The quantitative estimate of drug-likeness (QED) is 0.108. The third-order valence-corrected chi connectivity index (χ3v) is 8.97. The molecule has 2 atom stereocenters. The highest BCUT2D eigenvalue weighted by Crippen LogP contribution is 2.44. The smallest absolute Gasteiger partial charge is 0.328 e. The van der Waals surface area contributed by atoms with E-state index in [9.17, 15) is 29.3 Å². The van der Waals surface area contributed by atoms with Gasteiger partial charge in [-0.3, -0.25) is 15.1 Å². The van der Waals surface area contributed by atoms with Gasteiger partial charge in [0.05, 0.1) is 4.92 Å². The number of nitrogens with one attached hydrogen (secondary N) is 1. The minimum absolute atomic E-state index is 0.0251. The molecule has 11 heteroatoms. The first-order chi connectivity index (χ1) is 20.8. The van der Waals surface area contributed by atoms with Crippen molar-refractivity contribution >= 4 is 39.4 Å². The molecule has 216 valence electrons. The number of carboxylic acids is 1. The van der Waals surface area contributed by atoms with Crippen LogP contribution in [0.2, 0.25) is 0 Å². The van der Waals surface area contributed by atoms with Crippen LogP contribution in [-0.2, 0) is 26.8 Å². The fraction of sp³-hybridized carbons (Fsp3) is 0.125. The molecular formula is C32H24N3O7S-. The largest absolute Gasteiger partial charge is 0.599 e. The van der Waals surface area contributed by atoms with Crippen molar-refractivity contribution in [2.45, 2.75) is 28.3 Å². The van der Waals surface area contributed by atoms with Crippen molar-refractivity contribution in [2.75, 3.05) is 6.61 Å². The molecule has 1 aliphatic carbocycles. The molecule has 0 saturated carbocycles. The number of fused-ring (bicyclic) bond motifs is 4. The number of hydrogen-bond donors (Lipinski definition) is 2. The van der Waals surface area contributed by atoms with Crippen LogP contribution in [0.4, 0.5) is 5.69 Å². The van der Waals surface area contributed by atoms with Crippen LogP contribution in [0.15, 0.2) is 112 Å². The van der Waals surface area contributed by atoms with Crippen LogP contribution in [0.25, 0.3) is 22.0 Å². The second kappa shape index (κ2) is 11.5. The van der Waals surface area contributed by atoms with Gasteiger partial charge in [0.1, 0.15) is 26.8 Å². The first-order valence-electron chi connectivity index (χ1n) is 13.4. The molecule has 0 fully saturated rings. The Bertz CT molecular complexity index is 1890. The summed E-state index contributed by atoms with van der Waals surface area (Å²) < 4.78 is 19.2. The molecule has 2 unspecified atom stereocenters. The summed E-state index contributed by atoms with van der Waals surface area (Å²) in [5, 5.41) is 35.2. The number of aromatic amines is 1. The molecule has 0 radical (unpaired) electrons. The molecule has 10 nitrogen and oxygen atoms in total. The topological polar surface area (TPSA) is 158 Å². The minimum atomic E-state index is -2.06. The molecule has 0 amide bonds. The number of aliphatic imine (C=N–C) groups is 1. The number of carboxylic acid groups (broad SMARTS) is 1. The Labute approximate surface area is 247 Å². The van der Waals surface area contributed by atoms with Crippen LogP contribution in [-0.4, -0.2) is 43.9 Å². The van der Waals surface area contributed by atoms with E-state index in [1.54, 1.807) is 24.3 Å². The fourth-order valence-electron chi connectivity index (χ4n) is 5.55. The number of H-pyrrole nitrogens is 1. The highest BCUT2D eigenvalue weighted by Gasteiger charge is 2.29. The number of nitro groups is 1. The normalized spacial score (nSPS) is 14.2. The Kier molecular flexibility index (Phi) is 7.47. The number of aliphatic carboxylic acids is 1. The first kappa shape index (κ1) is 27.9. The number of nitrogens with zero attached hydrogens (tertiary/aromatic N) is 2. The second-order valence-corrected chi connectivity index (χ2v) is 11.3. The van der Waals surface area contributed by atoms with E-state index < -0.39 is 33.8 Å². The van der Waals surface area contributed by atoms with Crippen molar-refractivity contribution in [3.8, 4) is 11.1 Å². The van der Waals surface area contributed by atoms with Crippen LogP contribution in [0, 0.1) is 10.1 Å². The maximum Gasteiger partial charge on any atom is 0.328 e. The highest BCUT2D eigenvalue weighted by atomic mass is 32.2. The Balaban J connectivity index is 1.29. The molecule has 1 heterocycles. The van der Waals surface area contributed by atoms with Crippen molar-refractivity contribution < 1.29 is 28.9 Å².